The predicted octanol–water partition coefficient (Wildman–Crippen LogP) is 4.57. The third-order valence-corrected chi connectivity index (χ3v) is 5.88. The van der Waals surface area contributed by atoms with Crippen molar-refractivity contribution < 1.29 is 13.6 Å². The number of hydrogen-bond acceptors (Lipinski definition) is 6. The van der Waals surface area contributed by atoms with Crippen LogP contribution < -0.4 is 10.6 Å². The third-order valence-electron chi connectivity index (χ3n) is 3.75. The van der Waals surface area contributed by atoms with Crippen molar-refractivity contribution in [1.29, 1.82) is 0 Å². The molecule has 0 aliphatic rings. The topological polar surface area (TPSA) is 73.3 Å². The Balaban J connectivity index is 2.02. The van der Waals surface area contributed by atoms with Gasteiger partial charge in [-0.3, -0.25) is 9.55 Å². The summed E-state index contributed by atoms with van der Waals surface area (Å²) >= 11 is 0. The molecule has 0 aliphatic carbocycles. The lowest BCUT2D eigenvalue weighted by molar-refractivity contribution is 0.230. The van der Waals surface area contributed by atoms with E-state index in [2.05, 4.69) is 15.3 Å². The summed E-state index contributed by atoms with van der Waals surface area (Å²) < 4.78 is 24.2. The Morgan fingerprint density at radius 2 is 1.77 bits per heavy atom. The molecule has 0 bridgehead atoms. The number of fused-ring (bicyclic) bond motifs is 1. The lowest BCUT2D eigenvalue weighted by Crippen LogP contribution is -2.17. The van der Waals surface area contributed by atoms with E-state index in [1.807, 2.05) is 37.3 Å². The van der Waals surface area contributed by atoms with Gasteiger partial charge in [0, 0.05) is 11.6 Å². The van der Waals surface area contributed by atoms with Crippen LogP contribution >= 0.6 is 7.60 Å². The molecule has 3 rings (SSSR count). The van der Waals surface area contributed by atoms with Gasteiger partial charge >= 0.3 is 7.60 Å². The highest BCUT2D eigenvalue weighted by molar-refractivity contribution is 7.62. The fourth-order valence-electron chi connectivity index (χ4n) is 2.65. The Labute approximate surface area is 153 Å². The number of nitrogens with one attached hydrogen (secondary N) is 1. The number of anilines is 2. The highest BCUT2D eigenvalue weighted by Crippen LogP contribution is 2.48. The number of para-hydroxylation sites is 1. The molecular formula is C19H22N3O3P. The van der Waals surface area contributed by atoms with Crippen LogP contribution in [0.1, 0.15) is 19.4 Å². The maximum absolute atomic E-state index is 13.3. The average Bonchev–Trinajstić information content (AvgIpc) is 2.63. The predicted molar refractivity (Wildman–Crippen MR) is 104 cm³/mol. The normalized spacial score (nSPS) is 11.7. The standard InChI is InChI=1S/C19H22N3O3P/c1-4-24-26(23,25-5-2)18-10-14(3)12-21-19(18)22-16-11-15-8-6-7-9-17(15)20-13-16/h6-13H,4-5H2,1-3H3,(H,21,22). The van der Waals surface area contributed by atoms with Gasteiger partial charge < -0.3 is 14.4 Å². The molecular weight excluding hydrogens is 349 g/mol. The first-order valence-electron chi connectivity index (χ1n) is 8.54. The van der Waals surface area contributed by atoms with E-state index in [1.165, 1.54) is 0 Å². The molecule has 3 aromatic rings. The van der Waals surface area contributed by atoms with Crippen molar-refractivity contribution in [2.45, 2.75) is 20.8 Å². The molecule has 0 saturated carbocycles. The molecule has 1 N–H and O–H groups in total. The average molecular weight is 371 g/mol. The van der Waals surface area contributed by atoms with Crippen LogP contribution in [0.2, 0.25) is 0 Å². The minimum Gasteiger partial charge on any atom is -0.338 e. The van der Waals surface area contributed by atoms with Crippen molar-refractivity contribution in [2.24, 2.45) is 0 Å². The second kappa shape index (κ2) is 7.96. The zero-order valence-corrected chi connectivity index (χ0v) is 16.0. The van der Waals surface area contributed by atoms with Gasteiger partial charge in [-0.2, -0.15) is 0 Å². The first-order chi connectivity index (χ1) is 12.6. The molecule has 0 aliphatic heterocycles. The van der Waals surface area contributed by atoms with E-state index in [0.29, 0.717) is 11.1 Å². The van der Waals surface area contributed by atoms with Gasteiger partial charge in [-0.05, 0) is 44.5 Å². The summed E-state index contributed by atoms with van der Waals surface area (Å²) in [6, 6.07) is 11.6. The SMILES string of the molecule is CCOP(=O)(OCC)c1cc(C)cnc1Nc1cnc2ccccc2c1. The Hall–Kier alpha value is -2.27. The molecule has 2 heterocycles. The van der Waals surface area contributed by atoms with E-state index in [-0.39, 0.29) is 13.2 Å². The minimum absolute atomic E-state index is 0.280. The molecule has 0 fully saturated rings. The molecule has 1 aromatic carbocycles. The van der Waals surface area contributed by atoms with Crippen molar-refractivity contribution in [3.63, 3.8) is 0 Å². The first-order valence-corrected chi connectivity index (χ1v) is 10.1. The van der Waals surface area contributed by atoms with Gasteiger partial charge in [0.05, 0.1) is 30.6 Å². The van der Waals surface area contributed by atoms with Crippen molar-refractivity contribution in [3.05, 3.63) is 54.4 Å². The van der Waals surface area contributed by atoms with Crippen molar-refractivity contribution >= 4 is 35.3 Å². The number of aromatic nitrogens is 2. The fraction of sp³-hybridized carbons (Fsp3) is 0.263. The zero-order chi connectivity index (χ0) is 18.6. The highest BCUT2D eigenvalue weighted by atomic mass is 31.2. The number of benzene rings is 1. The van der Waals surface area contributed by atoms with Gasteiger partial charge in [-0.15, -0.1) is 0 Å². The molecule has 6 nitrogen and oxygen atoms in total. The second-order valence-corrected chi connectivity index (χ2v) is 7.75. The molecule has 0 unspecified atom stereocenters. The number of aryl methyl sites for hydroxylation is 1. The van der Waals surface area contributed by atoms with Crippen molar-refractivity contribution in [2.75, 3.05) is 18.5 Å². The number of pyridine rings is 2. The van der Waals surface area contributed by atoms with Gasteiger partial charge in [0.15, 0.2) is 0 Å². The number of nitrogens with zero attached hydrogens (tertiary/aromatic N) is 2. The summed E-state index contributed by atoms with van der Waals surface area (Å²) in [4.78, 5) is 8.85. The van der Waals surface area contributed by atoms with E-state index in [1.54, 1.807) is 32.3 Å². The first kappa shape index (κ1) is 18.5. The summed E-state index contributed by atoms with van der Waals surface area (Å²) in [5.41, 5.74) is 2.53. The summed E-state index contributed by atoms with van der Waals surface area (Å²) in [6.45, 7) is 6.02. The highest BCUT2D eigenvalue weighted by Gasteiger charge is 2.31. The number of hydrogen-bond donors (Lipinski definition) is 1. The monoisotopic (exact) mass is 371 g/mol. The lowest BCUT2D eigenvalue weighted by Gasteiger charge is -2.20. The summed E-state index contributed by atoms with van der Waals surface area (Å²) in [5.74, 6) is 0.443. The third kappa shape index (κ3) is 3.93. The minimum atomic E-state index is -3.47. The van der Waals surface area contributed by atoms with Crippen LogP contribution in [0, 0.1) is 6.92 Å². The molecule has 0 radical (unpaired) electrons. The second-order valence-electron chi connectivity index (χ2n) is 5.76. The zero-order valence-electron chi connectivity index (χ0n) is 15.1. The van der Waals surface area contributed by atoms with Gasteiger partial charge in [0.25, 0.3) is 0 Å². The Bertz CT molecular complexity index is 952. The van der Waals surface area contributed by atoms with Crippen LogP contribution in [-0.4, -0.2) is 23.2 Å². The molecule has 26 heavy (non-hydrogen) atoms. The van der Waals surface area contributed by atoms with Crippen LogP contribution in [0.4, 0.5) is 11.5 Å². The maximum Gasteiger partial charge on any atom is 0.365 e. The number of rotatable bonds is 7. The Morgan fingerprint density at radius 3 is 2.50 bits per heavy atom. The molecule has 136 valence electrons. The summed E-state index contributed by atoms with van der Waals surface area (Å²) in [7, 11) is -3.47. The molecule has 0 spiro atoms. The summed E-state index contributed by atoms with van der Waals surface area (Å²) in [6.07, 6.45) is 3.43. The lowest BCUT2D eigenvalue weighted by atomic mass is 10.2. The maximum atomic E-state index is 13.3. The van der Waals surface area contributed by atoms with Crippen LogP contribution in [0.3, 0.4) is 0 Å². The van der Waals surface area contributed by atoms with Gasteiger partial charge in [0.1, 0.15) is 11.1 Å². The molecule has 2 aromatic heterocycles. The smallest absolute Gasteiger partial charge is 0.338 e. The van der Waals surface area contributed by atoms with Gasteiger partial charge in [0.2, 0.25) is 0 Å². The quantitative estimate of drug-likeness (QED) is 0.613. The van der Waals surface area contributed by atoms with Crippen molar-refractivity contribution in [1.82, 2.24) is 9.97 Å². The van der Waals surface area contributed by atoms with Crippen LogP contribution in [0.15, 0.2) is 48.8 Å². The van der Waals surface area contributed by atoms with E-state index in [0.717, 1.165) is 22.2 Å². The fourth-order valence-corrected chi connectivity index (χ4v) is 4.42. The molecule has 0 amide bonds. The van der Waals surface area contributed by atoms with Crippen LogP contribution in [-0.2, 0) is 13.6 Å². The van der Waals surface area contributed by atoms with Crippen molar-refractivity contribution in [3.8, 4) is 0 Å². The van der Waals surface area contributed by atoms with E-state index >= 15 is 0 Å². The van der Waals surface area contributed by atoms with Crippen LogP contribution in [0.25, 0.3) is 10.9 Å². The largest absolute Gasteiger partial charge is 0.365 e. The molecule has 7 heteroatoms. The van der Waals surface area contributed by atoms with E-state index in [9.17, 15) is 4.57 Å². The molecule has 0 atom stereocenters. The van der Waals surface area contributed by atoms with E-state index < -0.39 is 7.60 Å². The van der Waals surface area contributed by atoms with E-state index in [4.69, 9.17) is 9.05 Å². The Morgan fingerprint density at radius 1 is 1.04 bits per heavy atom. The Kier molecular flexibility index (Phi) is 5.67. The molecule has 0 saturated heterocycles. The summed E-state index contributed by atoms with van der Waals surface area (Å²) in [5, 5.41) is 4.64. The van der Waals surface area contributed by atoms with Crippen LogP contribution in [0.5, 0.6) is 0 Å². The van der Waals surface area contributed by atoms with Gasteiger partial charge in [-0.25, -0.2) is 4.98 Å². The van der Waals surface area contributed by atoms with Gasteiger partial charge in [-0.1, -0.05) is 18.2 Å².